The molecule has 0 aliphatic rings. The lowest BCUT2D eigenvalue weighted by molar-refractivity contribution is 1.63. The van der Waals surface area contributed by atoms with Crippen molar-refractivity contribution in [2.45, 2.75) is 0 Å². The third-order valence-electron chi connectivity index (χ3n) is 9.41. The molecule has 0 nitrogen and oxygen atoms in total. The van der Waals surface area contributed by atoms with Crippen molar-refractivity contribution in [3.63, 3.8) is 0 Å². The van der Waals surface area contributed by atoms with Crippen LogP contribution in [-0.2, 0) is 0 Å². The lowest BCUT2D eigenvalue weighted by Gasteiger charge is -2.21. The highest BCUT2D eigenvalue weighted by atomic mass is 14.2. The molecule has 46 heavy (non-hydrogen) atoms. The zero-order valence-electron chi connectivity index (χ0n) is 25.3. The van der Waals surface area contributed by atoms with Crippen LogP contribution in [0.3, 0.4) is 0 Å². The van der Waals surface area contributed by atoms with Gasteiger partial charge in [0.05, 0.1) is 0 Å². The van der Waals surface area contributed by atoms with E-state index in [-0.39, 0.29) is 0 Å². The molecule has 0 spiro atoms. The van der Waals surface area contributed by atoms with Crippen molar-refractivity contribution in [2.24, 2.45) is 0 Å². The normalized spacial score (nSPS) is 11.5. The van der Waals surface area contributed by atoms with Crippen LogP contribution in [0.5, 0.6) is 0 Å². The Hall–Kier alpha value is -5.98. The molecule has 0 amide bonds. The molecule has 0 aliphatic carbocycles. The minimum atomic E-state index is 1.23. The minimum absolute atomic E-state index is 1.23. The van der Waals surface area contributed by atoms with Crippen molar-refractivity contribution in [3.8, 4) is 44.5 Å². The van der Waals surface area contributed by atoms with Gasteiger partial charge in [-0.15, -0.1) is 0 Å². The number of benzene rings is 9. The first-order chi connectivity index (χ1) is 22.8. The molecule has 0 saturated heterocycles. The van der Waals surface area contributed by atoms with Gasteiger partial charge < -0.3 is 0 Å². The maximum atomic E-state index is 2.40. The summed E-state index contributed by atoms with van der Waals surface area (Å²) >= 11 is 0. The number of fused-ring (bicyclic) bond motifs is 4. The van der Waals surface area contributed by atoms with Crippen LogP contribution < -0.4 is 0 Å². The predicted octanol–water partition coefficient (Wildman–Crippen LogP) is 13.0. The molecule has 9 rings (SSSR count). The van der Waals surface area contributed by atoms with Crippen LogP contribution in [0.1, 0.15) is 0 Å². The van der Waals surface area contributed by atoms with Crippen LogP contribution in [0.4, 0.5) is 0 Å². The average molecular weight is 583 g/mol. The van der Waals surface area contributed by atoms with Gasteiger partial charge in [-0.2, -0.15) is 0 Å². The highest BCUT2D eigenvalue weighted by Crippen LogP contribution is 2.48. The summed E-state index contributed by atoms with van der Waals surface area (Å²) in [6.45, 7) is 0. The first-order valence-corrected chi connectivity index (χ1v) is 15.9. The van der Waals surface area contributed by atoms with Crippen LogP contribution in [-0.4, -0.2) is 0 Å². The third-order valence-corrected chi connectivity index (χ3v) is 9.41. The molecule has 214 valence electrons. The molecule has 0 radical (unpaired) electrons. The van der Waals surface area contributed by atoms with E-state index in [9.17, 15) is 0 Å². The van der Waals surface area contributed by atoms with Crippen LogP contribution in [0.2, 0.25) is 0 Å². The Balaban J connectivity index is 1.43. The van der Waals surface area contributed by atoms with E-state index in [1.165, 1.54) is 87.6 Å². The highest BCUT2D eigenvalue weighted by molar-refractivity contribution is 6.25. The second-order valence-corrected chi connectivity index (χ2v) is 12.1. The lowest BCUT2D eigenvalue weighted by Crippen LogP contribution is -1.93. The summed E-state index contributed by atoms with van der Waals surface area (Å²) in [6, 6.07) is 66.6. The van der Waals surface area contributed by atoms with E-state index in [1.54, 1.807) is 0 Å². The number of hydrogen-bond acceptors (Lipinski definition) is 0. The first kappa shape index (κ1) is 26.4. The summed E-state index contributed by atoms with van der Waals surface area (Å²) < 4.78 is 0. The van der Waals surface area contributed by atoms with Gasteiger partial charge in [0.15, 0.2) is 0 Å². The molecule has 0 N–H and O–H groups in total. The molecule has 0 bridgehead atoms. The molecule has 9 aromatic carbocycles. The monoisotopic (exact) mass is 582 g/mol. The Morgan fingerprint density at radius 2 is 0.522 bits per heavy atom. The minimum Gasteiger partial charge on any atom is -0.0622 e. The van der Waals surface area contributed by atoms with Crippen LogP contribution in [0.15, 0.2) is 182 Å². The van der Waals surface area contributed by atoms with Gasteiger partial charge in [0.25, 0.3) is 0 Å². The van der Waals surface area contributed by atoms with Crippen molar-refractivity contribution in [1.82, 2.24) is 0 Å². The second kappa shape index (κ2) is 10.9. The molecule has 0 heterocycles. The molecule has 0 atom stereocenters. The van der Waals surface area contributed by atoms with E-state index in [1.807, 2.05) is 0 Å². The maximum absolute atomic E-state index is 2.40. The standard InChI is InChI=1S/C46H30/c1-3-15-31(16-4-1)35-27-33-19-7-9-21-37(33)43(29-35)45-39-23-11-13-25-41(39)46(42-26-14-12-24-40(42)45)44-30-36(32-17-5-2-6-18-32)28-34-20-8-10-22-38(34)44/h1-30H. The van der Waals surface area contributed by atoms with E-state index in [0.717, 1.165) is 0 Å². The fourth-order valence-electron chi connectivity index (χ4n) is 7.34. The molecular formula is C46H30. The van der Waals surface area contributed by atoms with Gasteiger partial charge in [-0.05, 0) is 112 Å². The Labute approximate surface area is 268 Å². The van der Waals surface area contributed by atoms with Gasteiger partial charge in [0.1, 0.15) is 0 Å². The molecule has 0 unspecified atom stereocenters. The quantitative estimate of drug-likeness (QED) is 0.181. The lowest BCUT2D eigenvalue weighted by atomic mass is 9.82. The molecule has 0 saturated carbocycles. The third kappa shape index (κ3) is 4.30. The summed E-state index contributed by atoms with van der Waals surface area (Å²) in [6.07, 6.45) is 0. The largest absolute Gasteiger partial charge is 0.0622 e. The fourth-order valence-corrected chi connectivity index (χ4v) is 7.34. The van der Waals surface area contributed by atoms with Crippen molar-refractivity contribution in [2.75, 3.05) is 0 Å². The molecular weight excluding hydrogens is 553 g/mol. The summed E-state index contributed by atoms with van der Waals surface area (Å²) in [7, 11) is 0. The summed E-state index contributed by atoms with van der Waals surface area (Å²) in [5.41, 5.74) is 10.0. The molecule has 0 aromatic heterocycles. The first-order valence-electron chi connectivity index (χ1n) is 15.9. The van der Waals surface area contributed by atoms with Crippen LogP contribution in [0, 0.1) is 0 Å². The summed E-state index contributed by atoms with van der Waals surface area (Å²) in [4.78, 5) is 0. The average Bonchev–Trinajstić information content (AvgIpc) is 3.14. The maximum Gasteiger partial charge on any atom is -0.00199 e. The van der Waals surface area contributed by atoms with Gasteiger partial charge in [-0.25, -0.2) is 0 Å². The molecule has 0 fully saturated rings. The SMILES string of the molecule is c1ccc(-c2cc(-c3c4ccccc4c(-c4cc(-c5ccccc5)cc5ccccc45)c4ccccc34)c3ccccc3c2)cc1. The van der Waals surface area contributed by atoms with Crippen molar-refractivity contribution in [1.29, 1.82) is 0 Å². The van der Waals surface area contributed by atoms with E-state index in [0.29, 0.717) is 0 Å². The van der Waals surface area contributed by atoms with Crippen LogP contribution >= 0.6 is 0 Å². The van der Waals surface area contributed by atoms with E-state index in [4.69, 9.17) is 0 Å². The van der Waals surface area contributed by atoms with Crippen molar-refractivity contribution < 1.29 is 0 Å². The van der Waals surface area contributed by atoms with Gasteiger partial charge >= 0.3 is 0 Å². The predicted molar refractivity (Wildman–Crippen MR) is 198 cm³/mol. The highest BCUT2D eigenvalue weighted by Gasteiger charge is 2.20. The number of hydrogen-bond donors (Lipinski definition) is 0. The summed E-state index contributed by atoms with van der Waals surface area (Å²) in [5.74, 6) is 0. The van der Waals surface area contributed by atoms with Crippen molar-refractivity contribution in [3.05, 3.63) is 182 Å². The zero-order valence-corrected chi connectivity index (χ0v) is 25.3. The van der Waals surface area contributed by atoms with E-state index in [2.05, 4.69) is 182 Å². The fraction of sp³-hybridized carbons (Fsp3) is 0. The van der Waals surface area contributed by atoms with Gasteiger partial charge in [-0.1, -0.05) is 158 Å². The Morgan fingerprint density at radius 3 is 0.891 bits per heavy atom. The van der Waals surface area contributed by atoms with Gasteiger partial charge in [0, 0.05) is 0 Å². The second-order valence-electron chi connectivity index (χ2n) is 12.1. The van der Waals surface area contributed by atoms with Crippen LogP contribution in [0.25, 0.3) is 87.6 Å². The zero-order chi connectivity index (χ0) is 30.5. The molecule has 9 aromatic rings. The Kier molecular flexibility index (Phi) is 6.25. The summed E-state index contributed by atoms with van der Waals surface area (Å²) in [5, 5.41) is 10.1. The molecule has 0 aliphatic heterocycles. The van der Waals surface area contributed by atoms with Crippen molar-refractivity contribution >= 4 is 43.1 Å². The topological polar surface area (TPSA) is 0 Å². The molecule has 0 heteroatoms. The number of rotatable bonds is 4. The smallest absolute Gasteiger partial charge is 0.00199 e. The Morgan fingerprint density at radius 1 is 0.217 bits per heavy atom. The van der Waals surface area contributed by atoms with Gasteiger partial charge in [-0.3, -0.25) is 0 Å². The van der Waals surface area contributed by atoms with Gasteiger partial charge in [0.2, 0.25) is 0 Å². The Bertz CT molecular complexity index is 2320. The van der Waals surface area contributed by atoms with E-state index >= 15 is 0 Å². The van der Waals surface area contributed by atoms with E-state index < -0.39 is 0 Å².